The molecule has 0 fully saturated rings. The van der Waals surface area contributed by atoms with E-state index in [-0.39, 0.29) is 5.78 Å². The molecule has 92 valence electrons. The summed E-state index contributed by atoms with van der Waals surface area (Å²) in [5.74, 6) is 0.0423. The minimum Gasteiger partial charge on any atom is -0.289 e. The fourth-order valence-corrected chi connectivity index (χ4v) is 2.67. The van der Waals surface area contributed by atoms with Gasteiger partial charge in [-0.3, -0.25) is 4.79 Å². The van der Waals surface area contributed by atoms with Crippen molar-refractivity contribution in [2.45, 2.75) is 13.8 Å². The van der Waals surface area contributed by atoms with Gasteiger partial charge in [0.05, 0.1) is 0 Å². The number of aryl methyl sites for hydroxylation is 2. The molecule has 0 amide bonds. The largest absolute Gasteiger partial charge is 0.289 e. The zero-order valence-electron chi connectivity index (χ0n) is 10.1. The van der Waals surface area contributed by atoms with E-state index in [0.29, 0.717) is 5.56 Å². The first-order valence-electron chi connectivity index (χ1n) is 5.56. The van der Waals surface area contributed by atoms with Crippen molar-refractivity contribution in [3.05, 3.63) is 67.6 Å². The molecule has 2 aromatic carbocycles. The van der Waals surface area contributed by atoms with Crippen LogP contribution in [-0.2, 0) is 0 Å². The molecule has 2 aromatic rings. The Balaban J connectivity index is 2.51. The lowest BCUT2D eigenvalue weighted by atomic mass is 9.98. The summed E-state index contributed by atoms with van der Waals surface area (Å²) in [6, 6.07) is 11.5. The summed E-state index contributed by atoms with van der Waals surface area (Å²) >= 11 is 6.82. The van der Waals surface area contributed by atoms with E-state index < -0.39 is 0 Å². The minimum absolute atomic E-state index is 0.0423. The maximum atomic E-state index is 12.5. The molecule has 0 bridgehead atoms. The normalized spacial score (nSPS) is 10.4. The number of rotatable bonds is 2. The van der Waals surface area contributed by atoms with Crippen LogP contribution in [0.1, 0.15) is 27.0 Å². The van der Waals surface area contributed by atoms with Crippen molar-refractivity contribution in [2.24, 2.45) is 0 Å². The minimum atomic E-state index is 0.0423. The Bertz CT molecular complexity index is 618. The van der Waals surface area contributed by atoms with Gasteiger partial charge in [-0.05, 0) is 37.6 Å². The van der Waals surface area contributed by atoms with Crippen LogP contribution in [0.25, 0.3) is 0 Å². The Hall–Kier alpha value is -0.930. The smallest absolute Gasteiger partial charge is 0.194 e. The average molecular weight is 368 g/mol. The Labute approximate surface area is 123 Å². The summed E-state index contributed by atoms with van der Waals surface area (Å²) < 4.78 is 1.72. The Morgan fingerprint density at radius 2 is 1.67 bits per heavy atom. The molecule has 0 saturated carbocycles. The van der Waals surface area contributed by atoms with E-state index in [1.165, 1.54) is 0 Å². The van der Waals surface area contributed by atoms with Crippen LogP contribution in [0.3, 0.4) is 0 Å². The van der Waals surface area contributed by atoms with Gasteiger partial charge in [0.15, 0.2) is 5.78 Å². The van der Waals surface area contributed by atoms with Gasteiger partial charge in [-0.2, -0.15) is 0 Å². The molecule has 0 aliphatic carbocycles. The second-order valence-corrected chi connectivity index (χ2v) is 6.04. The van der Waals surface area contributed by atoms with E-state index in [9.17, 15) is 4.79 Å². The van der Waals surface area contributed by atoms with Crippen molar-refractivity contribution in [3.63, 3.8) is 0 Å². The lowest BCUT2D eigenvalue weighted by Crippen LogP contribution is -2.05. The lowest BCUT2D eigenvalue weighted by Gasteiger charge is -2.08. The Kier molecular flexibility index (Phi) is 4.03. The summed E-state index contributed by atoms with van der Waals surface area (Å²) in [6.07, 6.45) is 0. The number of carbonyl (C=O) groups excluding carboxylic acids is 1. The first-order chi connectivity index (χ1) is 8.49. The summed E-state index contributed by atoms with van der Waals surface area (Å²) in [4.78, 5) is 12.5. The quantitative estimate of drug-likeness (QED) is 0.678. The highest BCUT2D eigenvalue weighted by Gasteiger charge is 2.15. The molecule has 0 N–H and O–H groups in total. The number of hydrogen-bond donors (Lipinski definition) is 0. The second kappa shape index (κ2) is 5.37. The SMILES string of the molecule is Cc1ccc(C(=O)c2cc(Br)ccc2Br)c(C)c1. The maximum absolute atomic E-state index is 12.5. The van der Waals surface area contributed by atoms with Crippen molar-refractivity contribution < 1.29 is 4.79 Å². The van der Waals surface area contributed by atoms with Gasteiger partial charge in [0.1, 0.15) is 0 Å². The highest BCUT2D eigenvalue weighted by atomic mass is 79.9. The van der Waals surface area contributed by atoms with Crippen LogP contribution in [0.5, 0.6) is 0 Å². The molecule has 0 aliphatic rings. The third-order valence-corrected chi connectivity index (χ3v) is 3.98. The first kappa shape index (κ1) is 13.5. The average Bonchev–Trinajstić information content (AvgIpc) is 2.31. The van der Waals surface area contributed by atoms with Crippen LogP contribution in [0.4, 0.5) is 0 Å². The number of hydrogen-bond acceptors (Lipinski definition) is 1. The van der Waals surface area contributed by atoms with Crippen LogP contribution in [-0.4, -0.2) is 5.78 Å². The molecular formula is C15H12Br2O. The molecular weight excluding hydrogens is 356 g/mol. The van der Waals surface area contributed by atoms with Gasteiger partial charge >= 0.3 is 0 Å². The molecule has 2 rings (SSSR count). The summed E-state index contributed by atoms with van der Waals surface area (Å²) in [5.41, 5.74) is 3.60. The lowest BCUT2D eigenvalue weighted by molar-refractivity contribution is 0.103. The van der Waals surface area contributed by atoms with Crippen LogP contribution in [0.15, 0.2) is 45.3 Å². The van der Waals surface area contributed by atoms with Crippen LogP contribution in [0.2, 0.25) is 0 Å². The van der Waals surface area contributed by atoms with Gasteiger partial charge in [-0.25, -0.2) is 0 Å². The van der Waals surface area contributed by atoms with Crippen molar-refractivity contribution >= 4 is 37.6 Å². The van der Waals surface area contributed by atoms with Crippen LogP contribution < -0.4 is 0 Å². The first-order valence-corrected chi connectivity index (χ1v) is 7.14. The monoisotopic (exact) mass is 366 g/mol. The standard InChI is InChI=1S/C15H12Br2O/c1-9-3-5-12(10(2)7-9)15(18)13-8-11(16)4-6-14(13)17/h3-8H,1-2H3. The topological polar surface area (TPSA) is 17.1 Å². The Morgan fingerprint density at radius 3 is 2.33 bits per heavy atom. The van der Waals surface area contributed by atoms with E-state index >= 15 is 0 Å². The van der Waals surface area contributed by atoms with E-state index in [1.54, 1.807) is 0 Å². The number of ketones is 1. The van der Waals surface area contributed by atoms with E-state index in [1.807, 2.05) is 50.2 Å². The summed E-state index contributed by atoms with van der Waals surface area (Å²) in [5, 5.41) is 0. The third-order valence-electron chi connectivity index (χ3n) is 2.80. The fourth-order valence-electron chi connectivity index (χ4n) is 1.88. The molecule has 0 atom stereocenters. The molecule has 0 unspecified atom stereocenters. The van der Waals surface area contributed by atoms with Gasteiger partial charge < -0.3 is 0 Å². The van der Waals surface area contributed by atoms with Gasteiger partial charge in [0.25, 0.3) is 0 Å². The van der Waals surface area contributed by atoms with Crippen molar-refractivity contribution in [1.82, 2.24) is 0 Å². The molecule has 0 saturated heterocycles. The Morgan fingerprint density at radius 1 is 0.944 bits per heavy atom. The van der Waals surface area contributed by atoms with Gasteiger partial charge in [0.2, 0.25) is 0 Å². The van der Waals surface area contributed by atoms with E-state index in [0.717, 1.165) is 25.6 Å². The van der Waals surface area contributed by atoms with E-state index in [4.69, 9.17) is 0 Å². The molecule has 0 aromatic heterocycles. The van der Waals surface area contributed by atoms with Gasteiger partial charge in [-0.1, -0.05) is 55.6 Å². The van der Waals surface area contributed by atoms with Crippen LogP contribution in [0, 0.1) is 13.8 Å². The molecule has 18 heavy (non-hydrogen) atoms. The third kappa shape index (κ3) is 2.73. The van der Waals surface area contributed by atoms with Crippen molar-refractivity contribution in [1.29, 1.82) is 0 Å². The van der Waals surface area contributed by atoms with Crippen molar-refractivity contribution in [3.8, 4) is 0 Å². The molecule has 0 radical (unpaired) electrons. The summed E-state index contributed by atoms with van der Waals surface area (Å²) in [6.45, 7) is 3.99. The van der Waals surface area contributed by atoms with Gasteiger partial charge in [0, 0.05) is 20.1 Å². The molecule has 0 spiro atoms. The number of halogens is 2. The van der Waals surface area contributed by atoms with E-state index in [2.05, 4.69) is 31.9 Å². The molecule has 3 heteroatoms. The zero-order valence-corrected chi connectivity index (χ0v) is 13.3. The predicted octanol–water partition coefficient (Wildman–Crippen LogP) is 5.06. The predicted molar refractivity (Wildman–Crippen MR) is 81.2 cm³/mol. The number of carbonyl (C=O) groups is 1. The molecule has 0 heterocycles. The molecule has 1 nitrogen and oxygen atoms in total. The molecule has 0 aliphatic heterocycles. The highest BCUT2D eigenvalue weighted by Crippen LogP contribution is 2.25. The van der Waals surface area contributed by atoms with Crippen molar-refractivity contribution in [2.75, 3.05) is 0 Å². The van der Waals surface area contributed by atoms with Gasteiger partial charge in [-0.15, -0.1) is 0 Å². The zero-order chi connectivity index (χ0) is 13.3. The van der Waals surface area contributed by atoms with Crippen LogP contribution >= 0.6 is 31.9 Å². The maximum Gasteiger partial charge on any atom is 0.194 e. The highest BCUT2D eigenvalue weighted by molar-refractivity contribution is 9.11. The fraction of sp³-hybridized carbons (Fsp3) is 0.133. The second-order valence-electron chi connectivity index (χ2n) is 4.27. The number of benzene rings is 2. The summed E-state index contributed by atoms with van der Waals surface area (Å²) in [7, 11) is 0.